The number of amides is 3. The number of rotatable bonds is 18. The first kappa shape index (κ1) is 33.2. The Labute approximate surface area is 228 Å². The molecule has 4 unspecified atom stereocenters. The van der Waals surface area contributed by atoms with Crippen LogP contribution < -0.4 is 27.4 Å². The number of nitrogens with two attached hydrogens (primary N) is 2. The van der Waals surface area contributed by atoms with E-state index in [9.17, 15) is 29.4 Å². The number of aromatic hydroxyl groups is 1. The predicted molar refractivity (Wildman–Crippen MR) is 149 cm³/mol. The van der Waals surface area contributed by atoms with Crippen LogP contribution in [0.2, 0.25) is 0 Å². The zero-order valence-electron chi connectivity index (χ0n) is 22.4. The molecule has 0 aromatic heterocycles. The van der Waals surface area contributed by atoms with E-state index in [1.165, 1.54) is 23.9 Å². The molecule has 0 aliphatic heterocycles. The number of carboxylic acid groups (broad SMARTS) is 1. The van der Waals surface area contributed by atoms with Crippen molar-refractivity contribution in [3.05, 3.63) is 29.8 Å². The maximum absolute atomic E-state index is 13.2. The van der Waals surface area contributed by atoms with Gasteiger partial charge in [0.25, 0.3) is 0 Å². The summed E-state index contributed by atoms with van der Waals surface area (Å²) < 4.78 is 0. The zero-order chi connectivity index (χ0) is 28.7. The minimum Gasteiger partial charge on any atom is -0.508 e. The molecule has 0 aliphatic rings. The Kier molecular flexibility index (Phi) is 15.4. The van der Waals surface area contributed by atoms with E-state index in [2.05, 4.69) is 16.0 Å². The van der Waals surface area contributed by atoms with Gasteiger partial charge in [0.15, 0.2) is 0 Å². The molecule has 4 atom stereocenters. The van der Waals surface area contributed by atoms with Crippen molar-refractivity contribution in [3.8, 4) is 5.75 Å². The van der Waals surface area contributed by atoms with Gasteiger partial charge >= 0.3 is 5.97 Å². The van der Waals surface area contributed by atoms with E-state index in [4.69, 9.17) is 11.5 Å². The number of carbonyl (C=O) groups is 4. The lowest BCUT2D eigenvalue weighted by molar-refractivity contribution is -0.142. The Morgan fingerprint density at radius 1 is 0.895 bits per heavy atom. The minimum atomic E-state index is -1.24. The van der Waals surface area contributed by atoms with Gasteiger partial charge in [-0.2, -0.15) is 11.8 Å². The number of carbonyl (C=O) groups excluding carboxylic acids is 3. The van der Waals surface area contributed by atoms with E-state index >= 15 is 0 Å². The lowest BCUT2D eigenvalue weighted by Gasteiger charge is -2.26. The molecule has 0 aliphatic carbocycles. The summed E-state index contributed by atoms with van der Waals surface area (Å²) in [4.78, 5) is 50.8. The molecule has 0 saturated carbocycles. The number of hydrogen-bond donors (Lipinski definition) is 7. The topological polar surface area (TPSA) is 197 Å². The number of unbranched alkanes of at least 4 members (excludes halogenated alkanes) is 1. The largest absolute Gasteiger partial charge is 0.508 e. The van der Waals surface area contributed by atoms with Crippen molar-refractivity contribution in [2.24, 2.45) is 17.4 Å². The summed E-state index contributed by atoms with van der Waals surface area (Å²) in [6.45, 7) is 4.32. The van der Waals surface area contributed by atoms with E-state index in [0.717, 1.165) is 6.42 Å². The van der Waals surface area contributed by atoms with Crippen molar-refractivity contribution in [1.29, 1.82) is 0 Å². The molecule has 0 bridgehead atoms. The van der Waals surface area contributed by atoms with Crippen molar-refractivity contribution in [1.82, 2.24) is 16.0 Å². The Morgan fingerprint density at radius 2 is 1.47 bits per heavy atom. The summed E-state index contributed by atoms with van der Waals surface area (Å²) in [6, 6.07) is 2.10. The maximum Gasteiger partial charge on any atom is 0.326 e. The number of carboxylic acids is 1. The van der Waals surface area contributed by atoms with Gasteiger partial charge in [-0.25, -0.2) is 4.79 Å². The maximum atomic E-state index is 13.2. The van der Waals surface area contributed by atoms with E-state index in [-0.39, 0.29) is 24.5 Å². The number of aliphatic carboxylic acids is 1. The van der Waals surface area contributed by atoms with Crippen molar-refractivity contribution in [2.75, 3.05) is 18.6 Å². The van der Waals surface area contributed by atoms with Crippen LogP contribution in [-0.4, -0.2) is 76.6 Å². The first-order chi connectivity index (χ1) is 18.0. The Balaban J connectivity index is 2.95. The van der Waals surface area contributed by atoms with Crippen LogP contribution in [0.25, 0.3) is 0 Å². The second kappa shape index (κ2) is 17.6. The summed E-state index contributed by atoms with van der Waals surface area (Å²) in [6.07, 6.45) is 4.34. The van der Waals surface area contributed by atoms with Gasteiger partial charge in [0.1, 0.15) is 23.9 Å². The highest BCUT2D eigenvalue weighted by atomic mass is 32.2. The molecule has 3 amide bonds. The highest BCUT2D eigenvalue weighted by Gasteiger charge is 2.30. The molecule has 0 heterocycles. The summed E-state index contributed by atoms with van der Waals surface area (Å²) in [5.41, 5.74) is 12.1. The molecule has 1 rings (SSSR count). The van der Waals surface area contributed by atoms with Crippen LogP contribution in [0, 0.1) is 5.92 Å². The Hall–Kier alpha value is -2.83. The van der Waals surface area contributed by atoms with Crippen molar-refractivity contribution in [2.45, 2.75) is 76.5 Å². The first-order valence-corrected chi connectivity index (χ1v) is 14.2. The number of phenols is 1. The fraction of sp³-hybridized carbons (Fsp3) is 0.615. The monoisotopic (exact) mass is 553 g/mol. The number of nitrogens with one attached hydrogen (secondary N) is 3. The van der Waals surface area contributed by atoms with Gasteiger partial charge in [-0.15, -0.1) is 0 Å². The van der Waals surface area contributed by atoms with Crippen LogP contribution in [0.4, 0.5) is 0 Å². The molecular weight excluding hydrogens is 510 g/mol. The van der Waals surface area contributed by atoms with E-state index in [1.807, 2.05) is 20.1 Å². The smallest absolute Gasteiger partial charge is 0.326 e. The molecule has 38 heavy (non-hydrogen) atoms. The third kappa shape index (κ3) is 12.6. The molecule has 9 N–H and O–H groups in total. The lowest BCUT2D eigenvalue weighted by Crippen LogP contribution is -2.57. The van der Waals surface area contributed by atoms with Gasteiger partial charge in [0.05, 0.1) is 6.04 Å². The van der Waals surface area contributed by atoms with Gasteiger partial charge in [-0.05, 0) is 67.9 Å². The van der Waals surface area contributed by atoms with Gasteiger partial charge in [0.2, 0.25) is 17.7 Å². The third-order valence-corrected chi connectivity index (χ3v) is 6.52. The van der Waals surface area contributed by atoms with E-state index < -0.39 is 47.9 Å². The molecule has 0 radical (unpaired) electrons. The van der Waals surface area contributed by atoms with Gasteiger partial charge in [0, 0.05) is 6.42 Å². The SMILES string of the molecule is CSCCC(NC(=O)C(CC(C)C)NC(=O)C(N)CCCCN)C(=O)NC(Cc1ccc(O)cc1)C(=O)O. The highest BCUT2D eigenvalue weighted by Crippen LogP contribution is 2.13. The molecule has 1 aromatic rings. The fourth-order valence-corrected chi connectivity index (χ4v) is 4.21. The number of phenolic OH excluding ortho intramolecular Hbond substituents is 1. The molecule has 0 spiro atoms. The molecule has 11 nitrogen and oxygen atoms in total. The summed E-state index contributed by atoms with van der Waals surface area (Å²) in [7, 11) is 0. The Morgan fingerprint density at radius 3 is 2.03 bits per heavy atom. The van der Waals surface area contributed by atoms with Crippen LogP contribution in [0.1, 0.15) is 51.5 Å². The van der Waals surface area contributed by atoms with E-state index in [1.54, 1.807) is 12.1 Å². The Bertz CT molecular complexity index is 899. The molecule has 0 saturated heterocycles. The molecule has 1 aromatic carbocycles. The zero-order valence-corrected chi connectivity index (χ0v) is 23.3. The van der Waals surface area contributed by atoms with Crippen LogP contribution in [0.5, 0.6) is 5.75 Å². The second-order valence-electron chi connectivity index (χ2n) is 9.69. The molecule has 0 fully saturated rings. The summed E-state index contributed by atoms with van der Waals surface area (Å²) in [5, 5.41) is 27.1. The normalized spacial score (nSPS) is 14.3. The average molecular weight is 554 g/mol. The van der Waals surface area contributed by atoms with Gasteiger partial charge in [-0.1, -0.05) is 32.4 Å². The molecule has 12 heteroatoms. The van der Waals surface area contributed by atoms with Crippen molar-refractivity contribution >= 4 is 35.5 Å². The quantitative estimate of drug-likeness (QED) is 0.128. The van der Waals surface area contributed by atoms with Crippen LogP contribution >= 0.6 is 11.8 Å². The minimum absolute atomic E-state index is 0.00137. The highest BCUT2D eigenvalue weighted by molar-refractivity contribution is 7.98. The predicted octanol–water partition coefficient (Wildman–Crippen LogP) is 0.729. The van der Waals surface area contributed by atoms with Crippen LogP contribution in [0.3, 0.4) is 0 Å². The van der Waals surface area contributed by atoms with E-state index in [0.29, 0.717) is 37.1 Å². The van der Waals surface area contributed by atoms with Crippen molar-refractivity contribution < 1.29 is 29.4 Å². The fourth-order valence-electron chi connectivity index (χ4n) is 3.74. The number of benzene rings is 1. The standard InChI is InChI=1S/C26H43N5O6S/c1-16(2)14-21(30-23(33)19(28)6-4-5-12-27)25(35)29-20(11-13-38-3)24(34)31-22(26(36)37)15-17-7-9-18(32)10-8-17/h7-10,16,19-22,32H,4-6,11-15,27-28H2,1-3H3,(H,29,35)(H,30,33)(H,31,34)(H,36,37). The second-order valence-corrected chi connectivity index (χ2v) is 10.7. The first-order valence-electron chi connectivity index (χ1n) is 12.8. The van der Waals surface area contributed by atoms with Gasteiger partial charge < -0.3 is 37.6 Å². The number of thioether (sulfide) groups is 1. The van der Waals surface area contributed by atoms with Crippen LogP contribution in [-0.2, 0) is 25.6 Å². The summed E-state index contributed by atoms with van der Waals surface area (Å²) >= 11 is 1.48. The average Bonchev–Trinajstić information content (AvgIpc) is 2.86. The van der Waals surface area contributed by atoms with Crippen LogP contribution in [0.15, 0.2) is 24.3 Å². The third-order valence-electron chi connectivity index (χ3n) is 5.88. The summed E-state index contributed by atoms with van der Waals surface area (Å²) in [5.74, 6) is -2.19. The molecule has 214 valence electrons. The molecular formula is C26H43N5O6S. The number of hydrogen-bond acceptors (Lipinski definition) is 8. The lowest BCUT2D eigenvalue weighted by atomic mass is 10.0. The van der Waals surface area contributed by atoms with Gasteiger partial charge in [-0.3, -0.25) is 14.4 Å². The van der Waals surface area contributed by atoms with Crippen molar-refractivity contribution in [3.63, 3.8) is 0 Å².